The summed E-state index contributed by atoms with van der Waals surface area (Å²) in [4.78, 5) is 17.4. The lowest BCUT2D eigenvalue weighted by Crippen LogP contribution is -2.41. The van der Waals surface area contributed by atoms with E-state index in [4.69, 9.17) is 18.0 Å². The topological polar surface area (TPSA) is 71.7 Å². The van der Waals surface area contributed by atoms with Gasteiger partial charge in [-0.25, -0.2) is 12.7 Å². The van der Waals surface area contributed by atoms with Gasteiger partial charge in [0.2, 0.25) is 10.0 Å². The summed E-state index contributed by atoms with van der Waals surface area (Å²) < 4.78 is 27.5. The number of sulfonamides is 1. The fourth-order valence-electron chi connectivity index (χ4n) is 3.01. The molecule has 138 valence electrons. The normalized spacial score (nSPS) is 19.6. The van der Waals surface area contributed by atoms with Gasteiger partial charge in [-0.3, -0.25) is 4.79 Å². The van der Waals surface area contributed by atoms with Crippen molar-refractivity contribution in [2.24, 2.45) is 10.9 Å². The Morgan fingerprint density at radius 1 is 1.50 bits per heavy atom. The van der Waals surface area contributed by atoms with E-state index in [0.717, 1.165) is 16.5 Å². The Bertz CT molecular complexity index is 1060. The third kappa shape index (κ3) is 4.01. The molecule has 1 atom stereocenters. The molecule has 1 saturated heterocycles. The van der Waals surface area contributed by atoms with Crippen molar-refractivity contribution < 1.29 is 13.2 Å². The predicted molar refractivity (Wildman–Crippen MR) is 103 cm³/mol. The Morgan fingerprint density at radius 2 is 2.27 bits per heavy atom. The Kier molecular flexibility index (Phi) is 5.53. The number of hydrogen-bond acceptors (Lipinski definition) is 4. The van der Waals surface area contributed by atoms with Crippen LogP contribution in [0.3, 0.4) is 0 Å². The number of fused-ring (bicyclic) bond motifs is 1. The largest absolute Gasteiger partial charge is 0.305 e. The van der Waals surface area contributed by atoms with Gasteiger partial charge in [0.1, 0.15) is 0 Å². The van der Waals surface area contributed by atoms with Crippen molar-refractivity contribution in [1.82, 2.24) is 8.87 Å². The Hall–Kier alpha value is -1.66. The van der Waals surface area contributed by atoms with Crippen LogP contribution in [0, 0.1) is 18.3 Å². The molecule has 1 aromatic carbocycles. The van der Waals surface area contributed by atoms with Crippen LogP contribution in [0.25, 0.3) is 10.2 Å². The van der Waals surface area contributed by atoms with Crippen LogP contribution in [0.4, 0.5) is 0 Å². The number of amides is 1. The number of nitrogens with zero attached hydrogens (tertiary/aromatic N) is 3. The minimum atomic E-state index is -3.31. The second kappa shape index (κ2) is 7.53. The summed E-state index contributed by atoms with van der Waals surface area (Å²) in [5.74, 6) is 1.82. The fourth-order valence-corrected chi connectivity index (χ4v) is 5.23. The number of hydrogen-bond donors (Lipinski definition) is 0. The molecule has 3 rings (SSSR count). The van der Waals surface area contributed by atoms with Gasteiger partial charge in [0.25, 0.3) is 5.91 Å². The van der Waals surface area contributed by atoms with Crippen LogP contribution in [0.1, 0.15) is 12.8 Å². The molecule has 0 bridgehead atoms. The summed E-state index contributed by atoms with van der Waals surface area (Å²) >= 11 is 7.38. The molecule has 0 spiro atoms. The van der Waals surface area contributed by atoms with E-state index in [1.807, 2.05) is 12.1 Å². The summed E-state index contributed by atoms with van der Waals surface area (Å²) in [6.07, 6.45) is 7.89. The summed E-state index contributed by atoms with van der Waals surface area (Å²) in [6, 6.07) is 5.42. The highest BCUT2D eigenvalue weighted by molar-refractivity contribution is 7.88. The van der Waals surface area contributed by atoms with E-state index < -0.39 is 15.9 Å². The van der Waals surface area contributed by atoms with E-state index >= 15 is 0 Å². The van der Waals surface area contributed by atoms with E-state index in [1.54, 1.807) is 10.6 Å². The van der Waals surface area contributed by atoms with E-state index in [2.05, 4.69) is 10.9 Å². The average Bonchev–Trinajstić information content (AvgIpc) is 2.91. The number of piperidine rings is 1. The lowest BCUT2D eigenvalue weighted by Gasteiger charge is -2.28. The van der Waals surface area contributed by atoms with E-state index in [1.165, 1.54) is 15.6 Å². The molecular weight excluding hydrogens is 394 g/mol. The van der Waals surface area contributed by atoms with Crippen LogP contribution in [-0.4, -0.2) is 42.5 Å². The number of thiazole rings is 1. The SMILES string of the molecule is C#CCn1c(=NC(=O)C2CCCN(S(C)(=O)=O)C2)sc2cc(Cl)ccc21. The van der Waals surface area contributed by atoms with Gasteiger partial charge in [-0.2, -0.15) is 4.99 Å². The minimum Gasteiger partial charge on any atom is -0.305 e. The highest BCUT2D eigenvalue weighted by atomic mass is 35.5. The van der Waals surface area contributed by atoms with Crippen molar-refractivity contribution in [3.63, 3.8) is 0 Å². The van der Waals surface area contributed by atoms with Crippen molar-refractivity contribution >= 4 is 49.1 Å². The Labute approximate surface area is 161 Å². The Balaban J connectivity index is 1.97. The van der Waals surface area contributed by atoms with E-state index in [0.29, 0.717) is 29.2 Å². The lowest BCUT2D eigenvalue weighted by molar-refractivity contribution is -0.122. The quantitative estimate of drug-likeness (QED) is 0.726. The molecule has 0 radical (unpaired) electrons. The van der Waals surface area contributed by atoms with Gasteiger partial charge < -0.3 is 4.57 Å². The first-order valence-corrected chi connectivity index (χ1v) is 11.1. The molecule has 0 saturated carbocycles. The van der Waals surface area contributed by atoms with Crippen LogP contribution in [0.15, 0.2) is 23.2 Å². The van der Waals surface area contributed by atoms with Crippen molar-refractivity contribution in [1.29, 1.82) is 0 Å². The summed E-state index contributed by atoms with van der Waals surface area (Å²) in [7, 11) is -3.31. The number of carbonyl (C=O) groups excluding carboxylic acids is 1. The molecule has 1 aliphatic heterocycles. The average molecular weight is 412 g/mol. The maximum Gasteiger partial charge on any atom is 0.252 e. The second-order valence-electron chi connectivity index (χ2n) is 6.20. The molecule has 9 heteroatoms. The molecule has 1 amide bonds. The maximum atomic E-state index is 12.7. The first kappa shape index (κ1) is 19.1. The Morgan fingerprint density at radius 3 is 2.96 bits per heavy atom. The second-order valence-corrected chi connectivity index (χ2v) is 9.63. The van der Waals surface area contributed by atoms with Crippen molar-refractivity contribution in [2.75, 3.05) is 19.3 Å². The number of rotatable bonds is 3. The molecule has 1 unspecified atom stereocenters. The van der Waals surface area contributed by atoms with Gasteiger partial charge in [-0.1, -0.05) is 28.9 Å². The van der Waals surface area contributed by atoms with E-state index in [9.17, 15) is 13.2 Å². The van der Waals surface area contributed by atoms with Gasteiger partial charge in [0.05, 0.1) is 28.9 Å². The molecule has 0 aliphatic carbocycles. The zero-order chi connectivity index (χ0) is 18.9. The summed E-state index contributed by atoms with van der Waals surface area (Å²) in [5, 5.41) is 0.598. The van der Waals surface area contributed by atoms with Crippen LogP contribution >= 0.6 is 22.9 Å². The smallest absolute Gasteiger partial charge is 0.252 e. The molecule has 2 heterocycles. The van der Waals surface area contributed by atoms with Gasteiger partial charge in [-0.05, 0) is 31.0 Å². The monoisotopic (exact) mass is 411 g/mol. The highest BCUT2D eigenvalue weighted by Gasteiger charge is 2.30. The maximum absolute atomic E-state index is 12.7. The fraction of sp³-hybridized carbons (Fsp3) is 0.412. The van der Waals surface area contributed by atoms with Crippen LogP contribution in [0.5, 0.6) is 0 Å². The van der Waals surface area contributed by atoms with Crippen molar-refractivity contribution in [3.05, 3.63) is 28.0 Å². The molecule has 0 N–H and O–H groups in total. The van der Waals surface area contributed by atoms with E-state index in [-0.39, 0.29) is 19.0 Å². The van der Waals surface area contributed by atoms with Gasteiger partial charge in [0.15, 0.2) is 4.80 Å². The van der Waals surface area contributed by atoms with Crippen LogP contribution < -0.4 is 4.80 Å². The molecule has 2 aromatic rings. The minimum absolute atomic E-state index is 0.174. The standard InChI is InChI=1S/C17H18ClN3O3S2/c1-3-8-21-14-7-6-13(18)10-15(14)25-17(21)19-16(22)12-5-4-9-20(11-12)26(2,23)24/h1,6-7,10,12H,4-5,8-9,11H2,2H3. The van der Waals surface area contributed by atoms with Crippen molar-refractivity contribution in [2.45, 2.75) is 19.4 Å². The molecule has 26 heavy (non-hydrogen) atoms. The third-order valence-corrected chi connectivity index (χ3v) is 6.85. The molecule has 1 aromatic heterocycles. The number of carbonyl (C=O) groups is 1. The predicted octanol–water partition coefficient (Wildman–Crippen LogP) is 2.09. The molecule has 6 nitrogen and oxygen atoms in total. The first-order valence-electron chi connectivity index (χ1n) is 8.05. The van der Waals surface area contributed by atoms with Gasteiger partial charge in [-0.15, -0.1) is 6.42 Å². The number of halogens is 1. The first-order chi connectivity index (χ1) is 12.3. The summed E-state index contributed by atoms with van der Waals surface area (Å²) in [5.41, 5.74) is 0.866. The molecular formula is C17H18ClN3O3S2. The summed E-state index contributed by atoms with van der Waals surface area (Å²) in [6.45, 7) is 0.905. The number of terminal acetylenes is 1. The zero-order valence-electron chi connectivity index (χ0n) is 14.2. The zero-order valence-corrected chi connectivity index (χ0v) is 16.6. The van der Waals surface area contributed by atoms with Crippen LogP contribution in [-0.2, 0) is 21.4 Å². The third-order valence-electron chi connectivity index (χ3n) is 4.30. The number of benzene rings is 1. The molecule has 1 aliphatic rings. The van der Waals surface area contributed by atoms with Gasteiger partial charge in [0, 0.05) is 18.1 Å². The van der Waals surface area contributed by atoms with Gasteiger partial charge >= 0.3 is 0 Å². The van der Waals surface area contributed by atoms with Crippen molar-refractivity contribution in [3.8, 4) is 12.3 Å². The van der Waals surface area contributed by atoms with Crippen LogP contribution in [0.2, 0.25) is 5.02 Å². The lowest BCUT2D eigenvalue weighted by atomic mass is 9.99. The highest BCUT2D eigenvalue weighted by Crippen LogP contribution is 2.23. The molecule has 1 fully saturated rings. The number of aromatic nitrogens is 1.